The molecule has 1 saturated heterocycles. The van der Waals surface area contributed by atoms with Gasteiger partial charge in [0.05, 0.1) is 23.0 Å². The van der Waals surface area contributed by atoms with Gasteiger partial charge in [-0.1, -0.05) is 24.3 Å². The van der Waals surface area contributed by atoms with Crippen molar-refractivity contribution in [3.63, 3.8) is 0 Å². The molecule has 1 atom stereocenters. The zero-order valence-electron chi connectivity index (χ0n) is 21.9. The van der Waals surface area contributed by atoms with E-state index < -0.39 is 6.03 Å². The first kappa shape index (κ1) is 26.4. The highest BCUT2D eigenvalue weighted by atomic mass is 32.1. The first-order valence-electron chi connectivity index (χ1n) is 13.2. The van der Waals surface area contributed by atoms with E-state index in [-0.39, 0.29) is 24.4 Å². The molecule has 3 aromatic heterocycles. The number of aromatic nitrogens is 2. The lowest BCUT2D eigenvalue weighted by molar-refractivity contribution is -0.127. The smallest absolute Gasteiger partial charge is 0.332 e. The molecule has 2 aliphatic rings. The minimum atomic E-state index is -0.442. The van der Waals surface area contributed by atoms with Gasteiger partial charge in [-0.3, -0.25) is 9.59 Å². The van der Waals surface area contributed by atoms with Gasteiger partial charge in [0.15, 0.2) is 0 Å². The van der Waals surface area contributed by atoms with Crippen LogP contribution in [0.3, 0.4) is 0 Å². The average Bonchev–Trinajstić information content (AvgIpc) is 3.37. The van der Waals surface area contributed by atoms with E-state index in [1.807, 2.05) is 30.3 Å². The van der Waals surface area contributed by atoms with Crippen molar-refractivity contribution in [1.82, 2.24) is 20.2 Å². The third-order valence-electron chi connectivity index (χ3n) is 6.85. The zero-order chi connectivity index (χ0) is 28.3. The van der Waals surface area contributed by atoms with Crippen LogP contribution < -0.4 is 26.0 Å². The van der Waals surface area contributed by atoms with Crippen molar-refractivity contribution in [3.8, 4) is 11.5 Å². The number of hydrogen-bond acceptors (Lipinski definition) is 8. The van der Waals surface area contributed by atoms with Crippen LogP contribution in [0.2, 0.25) is 0 Å². The predicted molar refractivity (Wildman–Crippen MR) is 157 cm³/mol. The average molecular weight is 570 g/mol. The molecule has 2 aliphatic heterocycles. The van der Waals surface area contributed by atoms with Gasteiger partial charge in [0, 0.05) is 37.9 Å². The van der Waals surface area contributed by atoms with E-state index in [0.717, 1.165) is 12.8 Å². The van der Waals surface area contributed by atoms with Crippen molar-refractivity contribution < 1.29 is 19.1 Å². The van der Waals surface area contributed by atoms with Crippen molar-refractivity contribution in [3.05, 3.63) is 78.0 Å². The zero-order valence-corrected chi connectivity index (χ0v) is 22.8. The topological polar surface area (TPSA) is 143 Å². The monoisotopic (exact) mass is 569 g/mol. The molecule has 0 unspecified atom stereocenters. The summed E-state index contributed by atoms with van der Waals surface area (Å²) >= 11 is 1.21. The third-order valence-corrected chi connectivity index (χ3v) is 7.94. The van der Waals surface area contributed by atoms with Crippen LogP contribution in [0.1, 0.15) is 22.5 Å². The highest BCUT2D eigenvalue weighted by Crippen LogP contribution is 2.45. The Morgan fingerprint density at radius 2 is 2.00 bits per heavy atom. The molecule has 5 heterocycles. The van der Waals surface area contributed by atoms with Crippen LogP contribution in [0, 0.1) is 0 Å². The first-order valence-corrected chi connectivity index (χ1v) is 14.0. The number of urea groups is 1. The maximum atomic E-state index is 13.4. The number of amides is 4. The van der Waals surface area contributed by atoms with Crippen LogP contribution >= 0.6 is 11.3 Å². The number of pyridine rings is 2. The quantitative estimate of drug-likeness (QED) is 0.280. The Hall–Kier alpha value is -4.81. The number of ether oxygens (including phenoxy) is 1. The Balaban J connectivity index is 1.23. The Morgan fingerprint density at radius 1 is 1.15 bits per heavy atom. The maximum Gasteiger partial charge on any atom is 0.332 e. The molecule has 6 rings (SSSR count). The van der Waals surface area contributed by atoms with E-state index in [2.05, 4.69) is 20.6 Å². The number of nitrogens with one attached hydrogen (secondary N) is 2. The Kier molecular flexibility index (Phi) is 7.32. The molecule has 1 aromatic carbocycles. The largest absolute Gasteiger partial charge is 0.456 e. The van der Waals surface area contributed by atoms with Crippen molar-refractivity contribution >= 4 is 56.6 Å². The van der Waals surface area contributed by atoms with Crippen LogP contribution in [0.25, 0.3) is 10.2 Å². The van der Waals surface area contributed by atoms with Crippen molar-refractivity contribution in [2.24, 2.45) is 5.73 Å². The summed E-state index contributed by atoms with van der Waals surface area (Å²) in [6.45, 7) is 1.32. The van der Waals surface area contributed by atoms with E-state index in [1.54, 1.807) is 41.6 Å². The molecular formula is C29H27N7O4S. The van der Waals surface area contributed by atoms with E-state index in [1.165, 1.54) is 22.3 Å². The fraction of sp³-hybridized carbons (Fsp3) is 0.207. The molecule has 0 saturated carbocycles. The minimum Gasteiger partial charge on any atom is -0.456 e. The van der Waals surface area contributed by atoms with E-state index >= 15 is 0 Å². The Labute approximate surface area is 239 Å². The Bertz CT molecular complexity index is 1640. The SMILES string of the molecule is NC/C=C/C(=O)N1CCC[C@@H](NC(=O)c2sc3nccc4c3c2NC(=O)N4c2ccc(Oc3ccccc3)cn2)C1. The molecule has 0 radical (unpaired) electrons. The van der Waals surface area contributed by atoms with Gasteiger partial charge in [-0.25, -0.2) is 19.7 Å². The number of benzene rings is 1. The number of carbonyl (C=O) groups is 3. The molecular weight excluding hydrogens is 542 g/mol. The molecule has 4 amide bonds. The van der Waals surface area contributed by atoms with Gasteiger partial charge >= 0.3 is 6.03 Å². The van der Waals surface area contributed by atoms with Crippen LogP contribution in [-0.4, -0.2) is 58.4 Å². The summed E-state index contributed by atoms with van der Waals surface area (Å²) in [5.41, 5.74) is 6.46. The fourth-order valence-corrected chi connectivity index (χ4v) is 6.00. The molecule has 41 heavy (non-hydrogen) atoms. The predicted octanol–water partition coefficient (Wildman–Crippen LogP) is 4.40. The molecule has 0 spiro atoms. The van der Waals surface area contributed by atoms with Gasteiger partial charge < -0.3 is 26.0 Å². The molecule has 12 heteroatoms. The summed E-state index contributed by atoms with van der Waals surface area (Å²) in [5.74, 6) is 1.17. The minimum absolute atomic E-state index is 0.124. The van der Waals surface area contributed by atoms with Gasteiger partial charge in [-0.15, -0.1) is 11.3 Å². The summed E-state index contributed by atoms with van der Waals surface area (Å²) < 4.78 is 5.83. The number of hydrogen-bond donors (Lipinski definition) is 3. The van der Waals surface area contributed by atoms with Gasteiger partial charge in [-0.2, -0.15) is 0 Å². The highest BCUT2D eigenvalue weighted by molar-refractivity contribution is 7.21. The summed E-state index contributed by atoms with van der Waals surface area (Å²) in [6, 6.07) is 13.9. The van der Waals surface area contributed by atoms with E-state index in [0.29, 0.717) is 56.9 Å². The molecule has 0 aliphatic carbocycles. The number of likely N-dealkylation sites (tertiary alicyclic amines) is 1. The lowest BCUT2D eigenvalue weighted by atomic mass is 10.1. The summed E-state index contributed by atoms with van der Waals surface area (Å²) in [7, 11) is 0. The molecule has 0 bridgehead atoms. The van der Waals surface area contributed by atoms with E-state index in [9.17, 15) is 14.4 Å². The molecule has 4 aromatic rings. The highest BCUT2D eigenvalue weighted by Gasteiger charge is 2.34. The summed E-state index contributed by atoms with van der Waals surface area (Å²) in [5, 5.41) is 6.60. The summed E-state index contributed by atoms with van der Waals surface area (Å²) in [6.07, 6.45) is 7.76. The summed E-state index contributed by atoms with van der Waals surface area (Å²) in [4.78, 5) is 52.3. The van der Waals surface area contributed by atoms with Crippen molar-refractivity contribution in [1.29, 1.82) is 0 Å². The standard InChI is InChI=1S/C29H27N7O4S/c30-13-4-9-23(37)35-15-5-6-18(17-35)33-27(38)26-25-24-21(12-14-31-28(24)41-26)36(29(39)34-25)22-11-10-20(16-32-22)40-19-7-2-1-3-8-19/h1-4,7-12,14,16,18H,5-6,13,15,17,30H2,(H,33,38)(H,34,39)/b9-4+/t18-/m1/s1. The molecule has 11 nitrogen and oxygen atoms in total. The number of nitrogens with zero attached hydrogens (tertiary/aromatic N) is 4. The second-order valence-electron chi connectivity index (χ2n) is 9.58. The Morgan fingerprint density at radius 3 is 2.78 bits per heavy atom. The van der Waals surface area contributed by atoms with E-state index in [4.69, 9.17) is 10.5 Å². The third kappa shape index (κ3) is 5.34. The lowest BCUT2D eigenvalue weighted by Gasteiger charge is -2.32. The van der Waals surface area contributed by atoms with Gasteiger partial charge in [0.2, 0.25) is 5.91 Å². The van der Waals surface area contributed by atoms with Crippen LogP contribution in [0.15, 0.2) is 73.1 Å². The molecule has 4 N–H and O–H groups in total. The lowest BCUT2D eigenvalue weighted by Crippen LogP contribution is -2.49. The van der Waals surface area contributed by atoms with Gasteiger partial charge in [-0.05, 0) is 43.2 Å². The van der Waals surface area contributed by atoms with Crippen molar-refractivity contribution in [2.75, 3.05) is 29.9 Å². The molecule has 208 valence electrons. The maximum absolute atomic E-state index is 13.4. The molecule has 1 fully saturated rings. The number of carbonyl (C=O) groups excluding carboxylic acids is 3. The van der Waals surface area contributed by atoms with Crippen molar-refractivity contribution in [2.45, 2.75) is 18.9 Å². The van der Waals surface area contributed by atoms with Crippen LogP contribution in [-0.2, 0) is 4.79 Å². The number of thiophene rings is 1. The second kappa shape index (κ2) is 11.4. The first-order chi connectivity index (χ1) is 20.0. The second-order valence-corrected chi connectivity index (χ2v) is 10.6. The number of anilines is 3. The van der Waals surface area contributed by atoms with Gasteiger partial charge in [0.25, 0.3) is 5.91 Å². The number of piperidine rings is 1. The fourth-order valence-electron chi connectivity index (χ4n) is 4.98. The number of nitrogens with two attached hydrogens (primary N) is 1. The number of para-hydroxylation sites is 1. The van der Waals surface area contributed by atoms with Gasteiger partial charge in [0.1, 0.15) is 27.0 Å². The van der Waals surface area contributed by atoms with Crippen LogP contribution in [0.4, 0.5) is 22.0 Å². The van der Waals surface area contributed by atoms with Crippen LogP contribution in [0.5, 0.6) is 11.5 Å². The number of rotatable bonds is 7. The normalized spacial score (nSPS) is 16.6.